The summed E-state index contributed by atoms with van der Waals surface area (Å²) in [6.45, 7) is 9.70. The molecule has 1 rings (SSSR count). The first-order valence-electron chi connectivity index (χ1n) is 4.90. The minimum Gasteiger partial charge on any atom is -0.378 e. The predicted octanol–water partition coefficient (Wildman–Crippen LogP) is 3.87. The third-order valence-corrected chi connectivity index (χ3v) is 1.76. The highest BCUT2D eigenvalue weighted by molar-refractivity contribution is 4.97. The van der Waals surface area contributed by atoms with Crippen molar-refractivity contribution in [1.29, 1.82) is 0 Å². The van der Waals surface area contributed by atoms with Crippen LogP contribution in [0.2, 0.25) is 0 Å². The standard InChI is InChI=1S/C6H10F2O.2C2H6/c1-5(9-2)3-6(7,8)4-5;2*1-2/h3-4H2,1-2H3;2*1-2H3. The van der Waals surface area contributed by atoms with E-state index in [0.717, 1.165) is 0 Å². The first-order valence-corrected chi connectivity index (χ1v) is 4.90. The molecule has 0 bridgehead atoms. The van der Waals surface area contributed by atoms with Gasteiger partial charge in [-0.05, 0) is 6.92 Å². The van der Waals surface area contributed by atoms with Gasteiger partial charge in [0.25, 0.3) is 5.92 Å². The number of hydrogen-bond donors (Lipinski definition) is 0. The molecule has 3 heteroatoms. The van der Waals surface area contributed by atoms with E-state index in [9.17, 15) is 8.78 Å². The largest absolute Gasteiger partial charge is 0.378 e. The molecular weight excluding hydrogens is 174 g/mol. The smallest absolute Gasteiger partial charge is 0.253 e. The molecule has 0 atom stereocenters. The molecule has 1 aliphatic rings. The van der Waals surface area contributed by atoms with Crippen LogP contribution in [0, 0.1) is 0 Å². The maximum atomic E-state index is 12.1. The van der Waals surface area contributed by atoms with Crippen LogP contribution in [-0.4, -0.2) is 18.6 Å². The first kappa shape index (κ1) is 15.3. The van der Waals surface area contributed by atoms with Crippen LogP contribution in [0.15, 0.2) is 0 Å². The van der Waals surface area contributed by atoms with Crippen LogP contribution in [0.3, 0.4) is 0 Å². The van der Waals surface area contributed by atoms with E-state index < -0.39 is 11.5 Å². The lowest BCUT2D eigenvalue weighted by Gasteiger charge is -2.43. The molecule has 1 nitrogen and oxygen atoms in total. The third kappa shape index (κ3) is 5.19. The number of rotatable bonds is 1. The zero-order valence-electron chi connectivity index (χ0n) is 9.58. The summed E-state index contributed by atoms with van der Waals surface area (Å²) in [6.07, 6.45) is -0.257. The molecule has 1 saturated carbocycles. The number of hydrogen-bond acceptors (Lipinski definition) is 1. The molecule has 0 spiro atoms. The third-order valence-electron chi connectivity index (χ3n) is 1.76. The summed E-state index contributed by atoms with van der Waals surface area (Å²) in [5, 5.41) is 0. The lowest BCUT2D eigenvalue weighted by atomic mass is 9.78. The fraction of sp³-hybridized carbons (Fsp3) is 1.00. The minimum absolute atomic E-state index is 0.128. The van der Waals surface area contributed by atoms with Gasteiger partial charge >= 0.3 is 0 Å². The predicted molar refractivity (Wildman–Crippen MR) is 52.3 cm³/mol. The average molecular weight is 196 g/mol. The minimum atomic E-state index is -2.47. The highest BCUT2D eigenvalue weighted by Crippen LogP contribution is 2.46. The van der Waals surface area contributed by atoms with E-state index in [1.807, 2.05) is 27.7 Å². The number of methoxy groups -OCH3 is 1. The van der Waals surface area contributed by atoms with Gasteiger partial charge in [0.1, 0.15) is 0 Å². The Kier molecular flexibility index (Phi) is 7.41. The van der Waals surface area contributed by atoms with Crippen molar-refractivity contribution in [1.82, 2.24) is 0 Å². The van der Waals surface area contributed by atoms with Crippen molar-refractivity contribution in [2.45, 2.75) is 59.0 Å². The zero-order chi connectivity index (χ0) is 11.1. The second kappa shape index (κ2) is 6.30. The van der Waals surface area contributed by atoms with Crippen LogP contribution in [0.25, 0.3) is 0 Å². The Morgan fingerprint density at radius 1 is 1.00 bits per heavy atom. The van der Waals surface area contributed by atoms with Crippen LogP contribution < -0.4 is 0 Å². The molecule has 0 aliphatic heterocycles. The van der Waals surface area contributed by atoms with Crippen LogP contribution in [0.1, 0.15) is 47.5 Å². The van der Waals surface area contributed by atoms with Gasteiger partial charge in [0, 0.05) is 20.0 Å². The second-order valence-corrected chi connectivity index (χ2v) is 2.86. The Morgan fingerprint density at radius 2 is 1.31 bits per heavy atom. The van der Waals surface area contributed by atoms with E-state index in [1.165, 1.54) is 7.11 Å². The maximum absolute atomic E-state index is 12.1. The molecule has 0 aromatic rings. The normalized spacial score (nSPS) is 21.2. The van der Waals surface area contributed by atoms with E-state index in [0.29, 0.717) is 0 Å². The van der Waals surface area contributed by atoms with Gasteiger partial charge in [-0.1, -0.05) is 27.7 Å². The lowest BCUT2D eigenvalue weighted by Crippen LogP contribution is -2.50. The molecule has 82 valence electrons. The van der Waals surface area contributed by atoms with E-state index in [4.69, 9.17) is 4.74 Å². The van der Waals surface area contributed by atoms with Gasteiger partial charge < -0.3 is 4.74 Å². The maximum Gasteiger partial charge on any atom is 0.253 e. The van der Waals surface area contributed by atoms with Gasteiger partial charge in [0.2, 0.25) is 0 Å². The van der Waals surface area contributed by atoms with E-state index in [2.05, 4.69) is 0 Å². The summed E-state index contributed by atoms with van der Waals surface area (Å²) in [5.74, 6) is -2.47. The molecular formula is C10H22F2O. The summed E-state index contributed by atoms with van der Waals surface area (Å²) < 4.78 is 29.1. The topological polar surface area (TPSA) is 9.23 Å². The molecule has 0 aromatic heterocycles. The molecule has 0 heterocycles. The van der Waals surface area contributed by atoms with Gasteiger partial charge in [-0.25, -0.2) is 8.78 Å². The van der Waals surface area contributed by atoms with Crippen LogP contribution in [0.4, 0.5) is 8.78 Å². The van der Waals surface area contributed by atoms with Gasteiger partial charge in [-0.15, -0.1) is 0 Å². The zero-order valence-corrected chi connectivity index (χ0v) is 9.58. The molecule has 1 aliphatic carbocycles. The van der Waals surface area contributed by atoms with Crippen molar-refractivity contribution < 1.29 is 13.5 Å². The highest BCUT2D eigenvalue weighted by atomic mass is 19.3. The summed E-state index contributed by atoms with van der Waals surface area (Å²) in [4.78, 5) is 0. The Balaban J connectivity index is 0. The Bertz CT molecular complexity index is 116. The Labute approximate surface area is 80.5 Å². The van der Waals surface area contributed by atoms with Crippen molar-refractivity contribution in [2.24, 2.45) is 0 Å². The summed E-state index contributed by atoms with van der Waals surface area (Å²) in [6, 6.07) is 0. The molecule has 0 N–H and O–H groups in total. The van der Waals surface area contributed by atoms with E-state index in [1.54, 1.807) is 6.92 Å². The fourth-order valence-corrected chi connectivity index (χ4v) is 1.19. The van der Waals surface area contributed by atoms with Gasteiger partial charge in [-0.3, -0.25) is 0 Å². The van der Waals surface area contributed by atoms with Crippen LogP contribution in [-0.2, 0) is 4.74 Å². The van der Waals surface area contributed by atoms with Crippen molar-refractivity contribution in [3.63, 3.8) is 0 Å². The molecule has 0 aromatic carbocycles. The monoisotopic (exact) mass is 196 g/mol. The van der Waals surface area contributed by atoms with Crippen molar-refractivity contribution in [3.05, 3.63) is 0 Å². The van der Waals surface area contributed by atoms with Crippen molar-refractivity contribution in [2.75, 3.05) is 7.11 Å². The van der Waals surface area contributed by atoms with Crippen LogP contribution in [0.5, 0.6) is 0 Å². The van der Waals surface area contributed by atoms with E-state index >= 15 is 0 Å². The fourth-order valence-electron chi connectivity index (χ4n) is 1.19. The summed E-state index contributed by atoms with van der Waals surface area (Å²) in [7, 11) is 1.47. The summed E-state index contributed by atoms with van der Waals surface area (Å²) >= 11 is 0. The Hall–Kier alpha value is -0.180. The number of ether oxygens (including phenoxy) is 1. The average Bonchev–Trinajstić information content (AvgIpc) is 2.08. The van der Waals surface area contributed by atoms with Gasteiger partial charge in [0.05, 0.1) is 5.60 Å². The number of halogens is 2. The quantitative estimate of drug-likeness (QED) is 0.618. The summed E-state index contributed by atoms with van der Waals surface area (Å²) in [5.41, 5.74) is -0.552. The van der Waals surface area contributed by atoms with Gasteiger partial charge in [-0.2, -0.15) is 0 Å². The first-order chi connectivity index (χ1) is 5.97. The van der Waals surface area contributed by atoms with Crippen LogP contribution >= 0.6 is 0 Å². The van der Waals surface area contributed by atoms with Crippen molar-refractivity contribution >= 4 is 0 Å². The molecule has 0 saturated heterocycles. The Morgan fingerprint density at radius 3 is 1.38 bits per heavy atom. The SMILES string of the molecule is CC.CC.COC1(C)CC(F)(F)C1. The highest BCUT2D eigenvalue weighted by Gasteiger charge is 2.54. The van der Waals surface area contributed by atoms with Gasteiger partial charge in [0.15, 0.2) is 0 Å². The second-order valence-electron chi connectivity index (χ2n) is 2.86. The lowest BCUT2D eigenvalue weighted by molar-refractivity contribution is -0.208. The number of alkyl halides is 2. The molecule has 0 unspecified atom stereocenters. The molecule has 0 radical (unpaired) electrons. The van der Waals surface area contributed by atoms with Crippen molar-refractivity contribution in [3.8, 4) is 0 Å². The molecule has 13 heavy (non-hydrogen) atoms. The molecule has 1 fully saturated rings. The molecule has 0 amide bonds. The van der Waals surface area contributed by atoms with E-state index in [-0.39, 0.29) is 12.8 Å².